The van der Waals surface area contributed by atoms with Crippen LogP contribution in [0.5, 0.6) is 5.75 Å². The summed E-state index contributed by atoms with van der Waals surface area (Å²) in [7, 11) is 0. The molecule has 2 aromatic heterocycles. The average Bonchev–Trinajstić information content (AvgIpc) is 2.95. The number of nitrogens with two attached hydrogens (primary N) is 1. The van der Waals surface area contributed by atoms with Gasteiger partial charge in [-0.05, 0) is 55.5 Å². The second-order valence-corrected chi connectivity index (χ2v) is 7.97. The Morgan fingerprint density at radius 3 is 2.82 bits per heavy atom. The van der Waals surface area contributed by atoms with Crippen LogP contribution in [0.25, 0.3) is 5.65 Å². The number of pyridine rings is 1. The first-order chi connectivity index (χ1) is 13.8. The summed E-state index contributed by atoms with van der Waals surface area (Å²) in [4.78, 5) is 0. The number of benzene rings is 1. The average molecular weight is 377 g/mol. The van der Waals surface area contributed by atoms with E-state index in [1.54, 1.807) is 0 Å². The predicted molar refractivity (Wildman–Crippen MR) is 108 cm³/mol. The third-order valence-corrected chi connectivity index (χ3v) is 6.07. The molecule has 1 aliphatic carbocycles. The van der Waals surface area contributed by atoms with Crippen LogP contribution in [0.4, 0.5) is 0 Å². The van der Waals surface area contributed by atoms with Crippen LogP contribution in [-0.4, -0.2) is 27.7 Å². The lowest BCUT2D eigenvalue weighted by Gasteiger charge is -2.30. The van der Waals surface area contributed by atoms with E-state index in [-0.39, 0.29) is 12.1 Å². The van der Waals surface area contributed by atoms with E-state index < -0.39 is 0 Å². The van der Waals surface area contributed by atoms with Crippen molar-refractivity contribution in [2.45, 2.75) is 50.2 Å². The quantitative estimate of drug-likeness (QED) is 0.730. The lowest BCUT2D eigenvalue weighted by Crippen LogP contribution is -2.23. The van der Waals surface area contributed by atoms with Gasteiger partial charge in [-0.15, -0.1) is 10.2 Å². The molecule has 1 aromatic carbocycles. The molecular formula is C22H27N5O. The number of hydrogen-bond acceptors (Lipinski definition) is 5. The Balaban J connectivity index is 1.44. The topological polar surface area (TPSA) is 77.5 Å². The highest BCUT2D eigenvalue weighted by Crippen LogP contribution is 2.37. The molecule has 1 aliphatic heterocycles. The fourth-order valence-electron chi connectivity index (χ4n) is 4.55. The molecule has 3 N–H and O–H groups in total. The van der Waals surface area contributed by atoms with E-state index in [1.807, 2.05) is 18.3 Å². The Morgan fingerprint density at radius 1 is 1.00 bits per heavy atom. The number of aromatic nitrogens is 3. The third kappa shape index (κ3) is 3.27. The van der Waals surface area contributed by atoms with E-state index in [1.165, 1.54) is 24.0 Å². The van der Waals surface area contributed by atoms with Gasteiger partial charge in [0.1, 0.15) is 17.7 Å². The minimum absolute atomic E-state index is 0.0351. The second kappa shape index (κ2) is 7.53. The summed E-state index contributed by atoms with van der Waals surface area (Å²) in [5.74, 6) is 2.27. The van der Waals surface area contributed by atoms with Crippen molar-refractivity contribution in [1.82, 2.24) is 19.9 Å². The van der Waals surface area contributed by atoms with Gasteiger partial charge in [-0.2, -0.15) is 0 Å². The fraction of sp³-hybridized carbons (Fsp3) is 0.455. The standard InChI is InChI=1S/C22H27N5O/c23-19-9-10-20(18-7-2-1-6-17(18)19)28-16-8-11-21-25-26-22(27(21)14-16)15-5-3-4-12-24-13-15/h1-2,6-8,11,14-15,19-20,24H,3-5,9-10,12-13,23H2/t15?,19-,20+/m0/s1. The Morgan fingerprint density at radius 2 is 1.89 bits per heavy atom. The minimum atomic E-state index is 0.0351. The molecule has 5 rings (SSSR count). The Hall–Kier alpha value is -2.44. The fourth-order valence-corrected chi connectivity index (χ4v) is 4.55. The first kappa shape index (κ1) is 17.6. The summed E-state index contributed by atoms with van der Waals surface area (Å²) in [5.41, 5.74) is 9.58. The lowest BCUT2D eigenvalue weighted by molar-refractivity contribution is 0.176. The molecule has 146 valence electrons. The van der Waals surface area contributed by atoms with Gasteiger partial charge in [0.2, 0.25) is 0 Å². The van der Waals surface area contributed by atoms with Gasteiger partial charge in [0.15, 0.2) is 5.65 Å². The third-order valence-electron chi connectivity index (χ3n) is 6.07. The van der Waals surface area contributed by atoms with Gasteiger partial charge in [-0.3, -0.25) is 4.40 Å². The van der Waals surface area contributed by atoms with Crippen LogP contribution < -0.4 is 15.8 Å². The molecule has 6 heteroatoms. The second-order valence-electron chi connectivity index (χ2n) is 7.97. The molecule has 3 aromatic rings. The summed E-state index contributed by atoms with van der Waals surface area (Å²) in [6.07, 6.45) is 7.55. The van der Waals surface area contributed by atoms with Gasteiger partial charge in [-0.25, -0.2) is 0 Å². The first-order valence-electron chi connectivity index (χ1n) is 10.4. The summed E-state index contributed by atoms with van der Waals surface area (Å²) < 4.78 is 8.53. The molecule has 3 heterocycles. The summed E-state index contributed by atoms with van der Waals surface area (Å²) in [5, 5.41) is 12.4. The van der Waals surface area contributed by atoms with Gasteiger partial charge in [0.05, 0.1) is 6.20 Å². The molecule has 0 saturated carbocycles. The van der Waals surface area contributed by atoms with Gasteiger partial charge in [0, 0.05) is 18.5 Å². The maximum atomic E-state index is 6.43. The van der Waals surface area contributed by atoms with E-state index in [0.717, 1.165) is 49.6 Å². The minimum Gasteiger partial charge on any atom is -0.484 e. The van der Waals surface area contributed by atoms with Crippen molar-refractivity contribution >= 4 is 5.65 Å². The number of fused-ring (bicyclic) bond motifs is 2. The van der Waals surface area contributed by atoms with Gasteiger partial charge in [-0.1, -0.05) is 30.7 Å². The monoisotopic (exact) mass is 377 g/mol. The van der Waals surface area contributed by atoms with E-state index in [0.29, 0.717) is 5.92 Å². The number of nitrogens with zero attached hydrogens (tertiary/aromatic N) is 3. The lowest BCUT2D eigenvalue weighted by atomic mass is 9.86. The molecule has 0 bridgehead atoms. The van der Waals surface area contributed by atoms with Crippen LogP contribution in [0.15, 0.2) is 42.6 Å². The maximum absolute atomic E-state index is 6.43. The maximum Gasteiger partial charge on any atom is 0.161 e. The zero-order valence-electron chi connectivity index (χ0n) is 16.1. The molecule has 0 amide bonds. The first-order valence-corrected chi connectivity index (χ1v) is 10.4. The largest absolute Gasteiger partial charge is 0.484 e. The summed E-state index contributed by atoms with van der Waals surface area (Å²) >= 11 is 0. The number of ether oxygens (including phenoxy) is 1. The molecule has 1 unspecified atom stereocenters. The SMILES string of the molecule is N[C@H]1CC[C@@H](Oc2ccc3nnc(C4CCCCNC4)n3c2)c2ccccc21. The Bertz CT molecular complexity index is 960. The van der Waals surface area contributed by atoms with Crippen LogP contribution >= 0.6 is 0 Å². The molecule has 3 atom stereocenters. The summed E-state index contributed by atoms with van der Waals surface area (Å²) in [6, 6.07) is 12.5. The number of hydrogen-bond donors (Lipinski definition) is 2. The molecule has 1 fully saturated rings. The smallest absolute Gasteiger partial charge is 0.161 e. The molecule has 28 heavy (non-hydrogen) atoms. The van der Waals surface area contributed by atoms with Crippen molar-refractivity contribution < 1.29 is 4.74 Å². The zero-order chi connectivity index (χ0) is 18.9. The molecule has 2 aliphatic rings. The predicted octanol–water partition coefficient (Wildman–Crippen LogP) is 3.50. The van der Waals surface area contributed by atoms with Crippen LogP contribution in [0.2, 0.25) is 0 Å². The van der Waals surface area contributed by atoms with Gasteiger partial charge in [0.25, 0.3) is 0 Å². The number of nitrogens with one attached hydrogen (secondary N) is 1. The van der Waals surface area contributed by atoms with Crippen LogP contribution in [0, 0.1) is 0 Å². The van der Waals surface area contributed by atoms with E-state index in [4.69, 9.17) is 10.5 Å². The van der Waals surface area contributed by atoms with Crippen LogP contribution in [0.1, 0.15) is 67.1 Å². The molecule has 0 spiro atoms. The van der Waals surface area contributed by atoms with Gasteiger partial charge >= 0.3 is 0 Å². The van der Waals surface area contributed by atoms with Gasteiger partial charge < -0.3 is 15.8 Å². The Kier molecular flexibility index (Phi) is 4.74. The highest BCUT2D eigenvalue weighted by Gasteiger charge is 2.26. The molecule has 1 saturated heterocycles. The van der Waals surface area contributed by atoms with Crippen LogP contribution in [0.3, 0.4) is 0 Å². The van der Waals surface area contributed by atoms with Crippen molar-refractivity contribution in [2.24, 2.45) is 5.73 Å². The normalized spacial score (nSPS) is 25.2. The summed E-state index contributed by atoms with van der Waals surface area (Å²) in [6.45, 7) is 2.05. The van der Waals surface area contributed by atoms with Crippen molar-refractivity contribution in [1.29, 1.82) is 0 Å². The van der Waals surface area contributed by atoms with Crippen molar-refractivity contribution in [3.8, 4) is 5.75 Å². The van der Waals surface area contributed by atoms with Crippen molar-refractivity contribution in [3.05, 3.63) is 59.5 Å². The zero-order valence-corrected chi connectivity index (χ0v) is 16.1. The molecule has 6 nitrogen and oxygen atoms in total. The highest BCUT2D eigenvalue weighted by atomic mass is 16.5. The Labute approximate surface area is 165 Å². The van der Waals surface area contributed by atoms with E-state index >= 15 is 0 Å². The highest BCUT2D eigenvalue weighted by molar-refractivity contribution is 5.42. The van der Waals surface area contributed by atoms with Crippen LogP contribution in [-0.2, 0) is 0 Å². The molecule has 0 radical (unpaired) electrons. The number of rotatable bonds is 3. The van der Waals surface area contributed by atoms with Crippen molar-refractivity contribution in [3.63, 3.8) is 0 Å². The molecular weight excluding hydrogens is 350 g/mol. The van der Waals surface area contributed by atoms with Crippen molar-refractivity contribution in [2.75, 3.05) is 13.1 Å². The van der Waals surface area contributed by atoms with E-state index in [9.17, 15) is 0 Å². The van der Waals surface area contributed by atoms with E-state index in [2.05, 4.69) is 44.2 Å².